The minimum absolute atomic E-state index is 0.0387. The van der Waals surface area contributed by atoms with Gasteiger partial charge in [0.25, 0.3) is 0 Å². The summed E-state index contributed by atoms with van der Waals surface area (Å²) < 4.78 is 0.709. The van der Waals surface area contributed by atoms with E-state index in [0.29, 0.717) is 15.7 Å². The number of halogens is 1. The third-order valence-corrected chi connectivity index (χ3v) is 2.86. The molecule has 0 heterocycles. The number of carboxylic acid groups (broad SMARTS) is 1. The van der Waals surface area contributed by atoms with Crippen molar-refractivity contribution in [2.45, 2.75) is 18.9 Å². The lowest BCUT2D eigenvalue weighted by molar-refractivity contribution is -0.137. The van der Waals surface area contributed by atoms with Crippen LogP contribution in [-0.4, -0.2) is 23.0 Å². The van der Waals surface area contributed by atoms with Crippen molar-refractivity contribution in [2.24, 2.45) is 5.73 Å². The second kappa shape index (κ2) is 6.87. The SMILES string of the molecule is N#Cc1ccc(Br)cc1NC(=O)C(N)CCC(=O)O. The van der Waals surface area contributed by atoms with Crippen LogP contribution >= 0.6 is 15.9 Å². The molecular weight excluding hydrogens is 314 g/mol. The van der Waals surface area contributed by atoms with E-state index in [1.165, 1.54) is 0 Å². The van der Waals surface area contributed by atoms with Gasteiger partial charge in [-0.25, -0.2) is 0 Å². The number of hydrogen-bond acceptors (Lipinski definition) is 4. The van der Waals surface area contributed by atoms with Crippen LogP contribution in [0.5, 0.6) is 0 Å². The van der Waals surface area contributed by atoms with Gasteiger partial charge in [-0.1, -0.05) is 15.9 Å². The minimum Gasteiger partial charge on any atom is -0.481 e. The summed E-state index contributed by atoms with van der Waals surface area (Å²) in [6, 6.07) is 5.84. The first-order valence-electron chi connectivity index (χ1n) is 5.42. The number of aliphatic carboxylic acids is 1. The molecule has 0 aliphatic heterocycles. The van der Waals surface area contributed by atoms with Crippen LogP contribution in [0.4, 0.5) is 5.69 Å². The molecule has 7 heteroatoms. The van der Waals surface area contributed by atoms with Gasteiger partial charge in [0.2, 0.25) is 5.91 Å². The average molecular weight is 326 g/mol. The van der Waals surface area contributed by atoms with Crippen molar-refractivity contribution < 1.29 is 14.7 Å². The molecule has 1 aromatic carbocycles. The second-order valence-corrected chi connectivity index (χ2v) is 4.75. The first-order valence-corrected chi connectivity index (χ1v) is 6.21. The van der Waals surface area contributed by atoms with Gasteiger partial charge in [0.1, 0.15) is 6.07 Å². The number of benzene rings is 1. The minimum atomic E-state index is -1.01. The third-order valence-electron chi connectivity index (χ3n) is 2.37. The van der Waals surface area contributed by atoms with Crippen LogP contribution in [0.15, 0.2) is 22.7 Å². The summed E-state index contributed by atoms with van der Waals surface area (Å²) in [5.41, 5.74) is 6.22. The third kappa shape index (κ3) is 4.69. The lowest BCUT2D eigenvalue weighted by atomic mass is 10.1. The maximum atomic E-state index is 11.8. The molecule has 1 rings (SSSR count). The number of anilines is 1. The Morgan fingerprint density at radius 2 is 2.21 bits per heavy atom. The molecule has 100 valence electrons. The molecule has 0 saturated heterocycles. The highest BCUT2D eigenvalue weighted by molar-refractivity contribution is 9.10. The highest BCUT2D eigenvalue weighted by Crippen LogP contribution is 2.21. The molecule has 0 bridgehead atoms. The molecular formula is C12H12BrN3O3. The maximum Gasteiger partial charge on any atom is 0.303 e. The van der Waals surface area contributed by atoms with Crippen molar-refractivity contribution >= 4 is 33.5 Å². The number of carbonyl (C=O) groups is 2. The molecule has 0 aliphatic carbocycles. The fourth-order valence-corrected chi connectivity index (χ4v) is 1.71. The summed E-state index contributed by atoms with van der Waals surface area (Å²) in [5, 5.41) is 19.9. The van der Waals surface area contributed by atoms with Crippen molar-refractivity contribution in [1.29, 1.82) is 5.26 Å². The van der Waals surface area contributed by atoms with Crippen molar-refractivity contribution in [3.05, 3.63) is 28.2 Å². The molecule has 0 saturated carbocycles. The Kier molecular flexibility index (Phi) is 5.48. The Bertz CT molecular complexity index is 540. The van der Waals surface area contributed by atoms with Gasteiger partial charge < -0.3 is 16.2 Å². The first-order chi connectivity index (χ1) is 8.93. The Morgan fingerprint density at radius 1 is 1.53 bits per heavy atom. The van der Waals surface area contributed by atoms with Crippen LogP contribution in [0.25, 0.3) is 0 Å². The lowest BCUT2D eigenvalue weighted by Crippen LogP contribution is -2.36. The predicted molar refractivity (Wildman–Crippen MR) is 72.3 cm³/mol. The molecule has 0 spiro atoms. The number of rotatable bonds is 5. The van der Waals surface area contributed by atoms with Crippen molar-refractivity contribution in [1.82, 2.24) is 0 Å². The quantitative estimate of drug-likeness (QED) is 0.757. The highest BCUT2D eigenvalue weighted by atomic mass is 79.9. The molecule has 4 N–H and O–H groups in total. The summed E-state index contributed by atoms with van der Waals surface area (Å²) in [7, 11) is 0. The molecule has 19 heavy (non-hydrogen) atoms. The predicted octanol–water partition coefficient (Wildman–Crippen LogP) is 1.45. The topological polar surface area (TPSA) is 116 Å². The van der Waals surface area contributed by atoms with Crippen LogP contribution in [0.1, 0.15) is 18.4 Å². The van der Waals surface area contributed by atoms with E-state index in [9.17, 15) is 9.59 Å². The molecule has 1 amide bonds. The molecule has 0 aliphatic rings. The molecule has 1 aromatic rings. The lowest BCUT2D eigenvalue weighted by Gasteiger charge is -2.12. The van der Waals surface area contributed by atoms with Crippen LogP contribution in [0.3, 0.4) is 0 Å². The fourth-order valence-electron chi connectivity index (χ4n) is 1.35. The highest BCUT2D eigenvalue weighted by Gasteiger charge is 2.16. The van der Waals surface area contributed by atoms with E-state index >= 15 is 0 Å². The monoisotopic (exact) mass is 325 g/mol. The Labute approximate surface area is 118 Å². The normalized spacial score (nSPS) is 11.4. The summed E-state index contributed by atoms with van der Waals surface area (Å²) in [6.45, 7) is 0. The van der Waals surface area contributed by atoms with E-state index in [1.807, 2.05) is 6.07 Å². The molecule has 1 atom stereocenters. The number of carboxylic acids is 1. The van der Waals surface area contributed by atoms with Crippen LogP contribution < -0.4 is 11.1 Å². The molecule has 1 unspecified atom stereocenters. The van der Waals surface area contributed by atoms with E-state index in [0.717, 1.165) is 0 Å². The van der Waals surface area contributed by atoms with Gasteiger partial charge >= 0.3 is 5.97 Å². The van der Waals surface area contributed by atoms with Gasteiger partial charge in [-0.2, -0.15) is 5.26 Å². The standard InChI is InChI=1S/C12H12BrN3O3/c13-8-2-1-7(6-14)10(5-8)16-12(19)9(15)3-4-11(17)18/h1-2,5,9H,3-4,15H2,(H,16,19)(H,17,18). The van der Waals surface area contributed by atoms with Gasteiger partial charge in [-0.3, -0.25) is 9.59 Å². The smallest absolute Gasteiger partial charge is 0.303 e. The summed E-state index contributed by atoms with van der Waals surface area (Å²) in [4.78, 5) is 22.1. The van der Waals surface area contributed by atoms with E-state index < -0.39 is 17.9 Å². The van der Waals surface area contributed by atoms with Gasteiger partial charge in [0.05, 0.1) is 17.3 Å². The number of hydrogen-bond donors (Lipinski definition) is 3. The molecule has 0 radical (unpaired) electrons. The second-order valence-electron chi connectivity index (χ2n) is 3.83. The van der Waals surface area contributed by atoms with Gasteiger partial charge in [0, 0.05) is 10.9 Å². The molecule has 6 nitrogen and oxygen atoms in total. The van der Waals surface area contributed by atoms with Crippen LogP contribution in [0, 0.1) is 11.3 Å². The number of nitriles is 1. The first kappa shape index (κ1) is 15.1. The number of nitrogens with two attached hydrogens (primary N) is 1. The Morgan fingerprint density at radius 3 is 2.79 bits per heavy atom. The van der Waals surface area contributed by atoms with Crippen molar-refractivity contribution in [3.8, 4) is 6.07 Å². The fraction of sp³-hybridized carbons (Fsp3) is 0.250. The van der Waals surface area contributed by atoms with Gasteiger partial charge in [-0.05, 0) is 24.6 Å². The maximum absolute atomic E-state index is 11.8. The number of carbonyl (C=O) groups excluding carboxylic acids is 1. The Hall–Kier alpha value is -1.91. The van der Waals surface area contributed by atoms with Crippen LogP contribution in [-0.2, 0) is 9.59 Å². The zero-order valence-electron chi connectivity index (χ0n) is 9.89. The zero-order valence-corrected chi connectivity index (χ0v) is 11.5. The largest absolute Gasteiger partial charge is 0.481 e. The summed E-state index contributed by atoms with van der Waals surface area (Å²) >= 11 is 3.23. The van der Waals surface area contributed by atoms with Crippen molar-refractivity contribution in [2.75, 3.05) is 5.32 Å². The zero-order chi connectivity index (χ0) is 14.4. The number of nitrogens with one attached hydrogen (secondary N) is 1. The average Bonchev–Trinajstić information content (AvgIpc) is 2.36. The molecule has 0 fully saturated rings. The molecule has 0 aromatic heterocycles. The Balaban J connectivity index is 2.74. The summed E-state index contributed by atoms with van der Waals surface area (Å²) in [5.74, 6) is -1.53. The van der Waals surface area contributed by atoms with E-state index in [-0.39, 0.29) is 12.8 Å². The number of amides is 1. The van der Waals surface area contributed by atoms with Crippen LogP contribution in [0.2, 0.25) is 0 Å². The van der Waals surface area contributed by atoms with Gasteiger partial charge in [-0.15, -0.1) is 0 Å². The van der Waals surface area contributed by atoms with E-state index in [2.05, 4.69) is 21.2 Å². The number of nitrogens with zero attached hydrogens (tertiary/aromatic N) is 1. The van der Waals surface area contributed by atoms with Gasteiger partial charge in [0.15, 0.2) is 0 Å². The summed E-state index contributed by atoms with van der Waals surface area (Å²) in [6.07, 6.45) is -0.144. The van der Waals surface area contributed by atoms with E-state index in [1.54, 1.807) is 18.2 Å². The van der Waals surface area contributed by atoms with Crippen molar-refractivity contribution in [3.63, 3.8) is 0 Å². The van der Waals surface area contributed by atoms with E-state index in [4.69, 9.17) is 16.1 Å².